The second kappa shape index (κ2) is 5.19. The van der Waals surface area contributed by atoms with Crippen LogP contribution in [-0.2, 0) is 0 Å². The van der Waals surface area contributed by atoms with Gasteiger partial charge in [0.05, 0.1) is 0 Å². The first-order valence-corrected chi connectivity index (χ1v) is 3.66. The van der Waals surface area contributed by atoms with Crippen LogP contribution in [0.15, 0.2) is 37.9 Å². The summed E-state index contributed by atoms with van der Waals surface area (Å²) >= 11 is 0. The second-order valence-electron chi connectivity index (χ2n) is 2.21. The van der Waals surface area contributed by atoms with Crippen molar-refractivity contribution in [2.75, 3.05) is 0 Å². The number of aryl methyl sites for hydroxylation is 1. The average Bonchev–Trinajstić information content (AvgIpc) is 2.08. The fourth-order valence-electron chi connectivity index (χ4n) is 0.931. The van der Waals surface area contributed by atoms with Crippen LogP contribution >= 0.6 is 0 Å². The van der Waals surface area contributed by atoms with Crippen LogP contribution < -0.4 is 0 Å². The van der Waals surface area contributed by atoms with Gasteiger partial charge in [-0.3, -0.25) is 0 Å². The number of phenolic OH excluding ortho intramolecular Hbond substituents is 1. The molecule has 1 rings (SSSR count). The van der Waals surface area contributed by atoms with Crippen molar-refractivity contribution >= 4 is 6.08 Å². The molecular formula is C11H14O. The van der Waals surface area contributed by atoms with Crippen LogP contribution in [0.2, 0.25) is 0 Å². The lowest BCUT2D eigenvalue weighted by molar-refractivity contribution is 0.473. The van der Waals surface area contributed by atoms with E-state index in [1.54, 1.807) is 12.1 Å². The number of hydrogen-bond donors (Lipinski definition) is 1. The van der Waals surface area contributed by atoms with Crippen molar-refractivity contribution in [2.24, 2.45) is 0 Å². The highest BCUT2D eigenvalue weighted by Gasteiger charge is 1.97. The molecule has 1 N–H and O–H groups in total. The largest absolute Gasteiger partial charge is 0.507 e. The molecule has 0 aromatic heterocycles. The molecule has 1 aromatic carbocycles. The lowest BCUT2D eigenvalue weighted by Crippen LogP contribution is -1.78. The first kappa shape index (κ1) is 10.5. The fraction of sp³-hybridized carbons (Fsp3) is 0.0909. The minimum Gasteiger partial charge on any atom is -0.507 e. The number of benzene rings is 1. The fourth-order valence-corrected chi connectivity index (χ4v) is 0.931. The molecule has 0 bridgehead atoms. The van der Waals surface area contributed by atoms with Crippen LogP contribution in [0.3, 0.4) is 0 Å². The summed E-state index contributed by atoms with van der Waals surface area (Å²) in [5.41, 5.74) is 1.87. The van der Waals surface area contributed by atoms with Crippen molar-refractivity contribution in [2.45, 2.75) is 6.92 Å². The molecule has 64 valence electrons. The molecule has 0 amide bonds. The summed E-state index contributed by atoms with van der Waals surface area (Å²) in [6.07, 6.45) is 1.66. The van der Waals surface area contributed by atoms with Crippen LogP contribution in [0.1, 0.15) is 11.1 Å². The molecular weight excluding hydrogens is 148 g/mol. The second-order valence-corrected chi connectivity index (χ2v) is 2.21. The summed E-state index contributed by atoms with van der Waals surface area (Å²) < 4.78 is 0. The Balaban J connectivity index is 0.000000561. The van der Waals surface area contributed by atoms with Gasteiger partial charge < -0.3 is 5.11 Å². The van der Waals surface area contributed by atoms with Crippen molar-refractivity contribution in [1.82, 2.24) is 0 Å². The summed E-state index contributed by atoms with van der Waals surface area (Å²) in [5, 5.41) is 9.22. The van der Waals surface area contributed by atoms with Crippen LogP contribution in [0, 0.1) is 6.92 Å². The van der Waals surface area contributed by atoms with Gasteiger partial charge in [-0.2, -0.15) is 0 Å². The van der Waals surface area contributed by atoms with E-state index in [9.17, 15) is 5.11 Å². The van der Waals surface area contributed by atoms with Gasteiger partial charge in [0.25, 0.3) is 0 Å². The normalized spacial score (nSPS) is 8.08. The Kier molecular flexibility index (Phi) is 4.54. The monoisotopic (exact) mass is 162 g/mol. The minimum atomic E-state index is 0.301. The van der Waals surface area contributed by atoms with Crippen LogP contribution in [0.4, 0.5) is 0 Å². The summed E-state index contributed by atoms with van der Waals surface area (Å²) in [6, 6.07) is 5.42. The van der Waals surface area contributed by atoms with Gasteiger partial charge in [-0.1, -0.05) is 24.8 Å². The molecule has 0 atom stereocenters. The molecule has 0 aliphatic rings. The highest BCUT2D eigenvalue weighted by molar-refractivity contribution is 5.58. The Labute approximate surface area is 73.7 Å². The quantitative estimate of drug-likeness (QED) is 0.629. The molecule has 0 radical (unpaired) electrons. The Hall–Kier alpha value is -1.50. The molecule has 1 heteroatoms. The van der Waals surface area contributed by atoms with E-state index in [-0.39, 0.29) is 0 Å². The van der Waals surface area contributed by atoms with Gasteiger partial charge >= 0.3 is 0 Å². The smallest absolute Gasteiger partial charge is 0.123 e. The molecule has 1 aromatic rings. The Bertz CT molecular complexity index is 243. The van der Waals surface area contributed by atoms with E-state index < -0.39 is 0 Å². The van der Waals surface area contributed by atoms with Gasteiger partial charge in [0.15, 0.2) is 0 Å². The molecule has 0 fully saturated rings. The first-order valence-electron chi connectivity index (χ1n) is 3.66. The SMILES string of the molecule is C=C.C=Cc1c(C)cccc1O. The van der Waals surface area contributed by atoms with E-state index in [0.29, 0.717) is 5.75 Å². The number of phenols is 1. The number of aromatic hydroxyl groups is 1. The van der Waals surface area contributed by atoms with Gasteiger partial charge in [-0.25, -0.2) is 0 Å². The molecule has 0 saturated heterocycles. The van der Waals surface area contributed by atoms with Crippen LogP contribution in [0.25, 0.3) is 6.08 Å². The zero-order chi connectivity index (χ0) is 9.56. The molecule has 1 nitrogen and oxygen atoms in total. The van der Waals surface area contributed by atoms with Crippen molar-refractivity contribution in [3.05, 3.63) is 49.1 Å². The molecule has 0 aliphatic carbocycles. The first-order chi connectivity index (χ1) is 5.75. The van der Waals surface area contributed by atoms with E-state index in [1.165, 1.54) is 0 Å². The standard InChI is InChI=1S/C9H10O.C2H4/c1-3-8-7(2)5-4-6-9(8)10;1-2/h3-6,10H,1H2,2H3;1-2H2. The van der Waals surface area contributed by atoms with Crippen molar-refractivity contribution in [3.8, 4) is 5.75 Å². The lowest BCUT2D eigenvalue weighted by Gasteiger charge is -2.00. The van der Waals surface area contributed by atoms with Crippen LogP contribution in [-0.4, -0.2) is 5.11 Å². The predicted octanol–water partition coefficient (Wildman–Crippen LogP) is 3.15. The number of hydrogen-bond acceptors (Lipinski definition) is 1. The lowest BCUT2D eigenvalue weighted by atomic mass is 10.1. The van der Waals surface area contributed by atoms with Gasteiger partial charge in [0, 0.05) is 5.56 Å². The molecule has 0 aliphatic heterocycles. The molecule has 0 heterocycles. The molecule has 12 heavy (non-hydrogen) atoms. The van der Waals surface area contributed by atoms with Gasteiger partial charge in [0.2, 0.25) is 0 Å². The Morgan fingerprint density at radius 1 is 1.33 bits per heavy atom. The van der Waals surface area contributed by atoms with Crippen molar-refractivity contribution in [3.63, 3.8) is 0 Å². The highest BCUT2D eigenvalue weighted by atomic mass is 16.3. The van der Waals surface area contributed by atoms with Gasteiger partial charge in [0.1, 0.15) is 5.75 Å². The number of rotatable bonds is 1. The van der Waals surface area contributed by atoms with Crippen LogP contribution in [0.5, 0.6) is 5.75 Å². The van der Waals surface area contributed by atoms with E-state index in [1.807, 2.05) is 19.1 Å². The maximum absolute atomic E-state index is 9.22. The van der Waals surface area contributed by atoms with Gasteiger partial charge in [-0.05, 0) is 18.6 Å². The highest BCUT2D eigenvalue weighted by Crippen LogP contribution is 2.20. The molecule has 0 spiro atoms. The van der Waals surface area contributed by atoms with Crippen molar-refractivity contribution < 1.29 is 5.11 Å². The summed E-state index contributed by atoms with van der Waals surface area (Å²) in [6.45, 7) is 11.5. The summed E-state index contributed by atoms with van der Waals surface area (Å²) in [4.78, 5) is 0. The molecule has 0 saturated carbocycles. The predicted molar refractivity (Wildman–Crippen MR) is 54.2 cm³/mol. The summed E-state index contributed by atoms with van der Waals surface area (Å²) in [5.74, 6) is 0.301. The van der Waals surface area contributed by atoms with E-state index in [4.69, 9.17) is 0 Å². The Morgan fingerprint density at radius 2 is 1.92 bits per heavy atom. The maximum atomic E-state index is 9.22. The Morgan fingerprint density at radius 3 is 2.25 bits per heavy atom. The van der Waals surface area contributed by atoms with E-state index >= 15 is 0 Å². The summed E-state index contributed by atoms with van der Waals surface area (Å²) in [7, 11) is 0. The van der Waals surface area contributed by atoms with Crippen molar-refractivity contribution in [1.29, 1.82) is 0 Å². The third-order valence-corrected chi connectivity index (χ3v) is 1.51. The van der Waals surface area contributed by atoms with E-state index in [2.05, 4.69) is 19.7 Å². The molecule has 0 unspecified atom stereocenters. The minimum absolute atomic E-state index is 0.301. The third-order valence-electron chi connectivity index (χ3n) is 1.51. The zero-order valence-electron chi connectivity index (χ0n) is 7.38. The average molecular weight is 162 g/mol. The van der Waals surface area contributed by atoms with E-state index in [0.717, 1.165) is 11.1 Å². The van der Waals surface area contributed by atoms with Gasteiger partial charge in [-0.15, -0.1) is 13.2 Å². The maximum Gasteiger partial charge on any atom is 0.123 e. The topological polar surface area (TPSA) is 20.2 Å². The third kappa shape index (κ3) is 2.27. The zero-order valence-corrected chi connectivity index (χ0v) is 7.38.